The van der Waals surface area contributed by atoms with Crippen molar-refractivity contribution in [2.75, 3.05) is 7.11 Å². The summed E-state index contributed by atoms with van der Waals surface area (Å²) in [5.74, 6) is 0. The van der Waals surface area contributed by atoms with Gasteiger partial charge in [-0.05, 0) is 101 Å². The standard InChI is InChI=1S/CH4OS47/c1-2-49(4,5)48-47-46-45-44-43-42-41-40-39-38-37-36-35-34-33-32-31-30-29-28-27-26-25-24-23-22-21-20-19-18-17-16-15-14-13-12-11-10-9-8-7-6-3/h3H,1H3. The van der Waals surface area contributed by atoms with Crippen LogP contribution in [0, 0.1) is 0 Å². The second-order valence-electron chi connectivity index (χ2n) is 3.51. The maximum absolute atomic E-state index is 5.16. The molecule has 0 N–H and O–H groups in total. The van der Waals surface area contributed by atoms with Crippen LogP contribution in [0.5, 0.6) is 0 Å². The Morgan fingerprint density at radius 3 is 0.571 bits per heavy atom. The second-order valence-corrected chi connectivity index (χ2v) is 87.0. The van der Waals surface area contributed by atoms with Crippen LogP contribution in [-0.4, -0.2) is 7.11 Å². The van der Waals surface area contributed by atoms with Crippen molar-refractivity contribution in [3.8, 4) is 0 Å². The molecular weight excluding hydrogens is 1540 g/mol. The molecule has 296 valence electrons. The zero-order chi connectivity index (χ0) is 35.6. The van der Waals surface area contributed by atoms with Crippen molar-refractivity contribution < 1.29 is 4.18 Å². The van der Waals surface area contributed by atoms with E-state index in [0.29, 0.717) is 0 Å². The van der Waals surface area contributed by atoms with Gasteiger partial charge < -0.3 is 4.18 Å². The van der Waals surface area contributed by atoms with E-state index in [1.807, 2.05) is 255 Å². The van der Waals surface area contributed by atoms with Crippen LogP contribution in [0.3, 0.4) is 0 Å². The predicted octanol–water partition coefficient (Wildman–Crippen LogP) is 28.3. The van der Waals surface area contributed by atoms with Gasteiger partial charge in [-0.2, -0.15) is 0 Å². The topological polar surface area (TPSA) is 9.23 Å². The summed E-state index contributed by atoms with van der Waals surface area (Å²) in [5, 5.41) is 0. The highest BCUT2D eigenvalue weighted by Gasteiger charge is 2.05. The van der Waals surface area contributed by atoms with Gasteiger partial charge in [-0.1, -0.05) is 11.7 Å². The van der Waals surface area contributed by atoms with Crippen LogP contribution < -0.4 is 0 Å². The fraction of sp³-hybridized carbons (Fsp3) is 1.00. The first-order valence-electron chi connectivity index (χ1n) is 8.26. The van der Waals surface area contributed by atoms with E-state index >= 15 is 0 Å². The minimum absolute atomic E-state index is 1.46. The number of hydrogen-bond acceptors (Lipinski definition) is 47. The van der Waals surface area contributed by atoms with Crippen LogP contribution in [0.1, 0.15) is 0 Å². The van der Waals surface area contributed by atoms with Crippen molar-refractivity contribution in [3.63, 3.8) is 0 Å². The monoisotopic (exact) mass is 1530 g/mol. The SMILES string of the molecule is COS(=S)(=S)SSSSSSSSSSSSSSSSSSSSSSSSSSSSSSSSSSSSSSSSSSSS. The molecule has 0 aromatic rings. The molecule has 0 fully saturated rings. The second kappa shape index (κ2) is 58.5. The first kappa shape index (κ1) is 65.1. The molecule has 1 nitrogen and oxygen atoms in total. The third-order valence-electron chi connectivity index (χ3n) is 1.46. The average molecular weight is 1540 g/mol. The fourth-order valence-electron chi connectivity index (χ4n) is 0.528. The summed E-state index contributed by atoms with van der Waals surface area (Å²) in [7, 11) is 78.1. The summed E-state index contributed by atoms with van der Waals surface area (Å²) in [4.78, 5) is 0. The van der Waals surface area contributed by atoms with E-state index in [0.717, 1.165) is 0 Å². The molecule has 0 unspecified atom stereocenters. The van der Waals surface area contributed by atoms with E-state index in [-0.39, 0.29) is 0 Å². The summed E-state index contributed by atoms with van der Waals surface area (Å²) >= 11 is 14.4. The fourth-order valence-corrected chi connectivity index (χ4v) is 120. The van der Waals surface area contributed by atoms with Gasteiger partial charge in [0.1, 0.15) is 0 Å². The summed E-state index contributed by atoms with van der Waals surface area (Å²) in [5.41, 5.74) is 0. The van der Waals surface area contributed by atoms with E-state index in [1.165, 1.54) is 19.7 Å². The molecule has 48 heteroatoms. The predicted molar refractivity (Wildman–Crippen MR) is 365 cm³/mol. The van der Waals surface area contributed by atoms with Gasteiger partial charge in [-0.25, -0.2) is 0 Å². The first-order valence-corrected chi connectivity index (χ1v) is 70.1. The Kier molecular flexibility index (Phi) is 77.7. The Bertz CT molecular complexity index is 682. The quantitative estimate of drug-likeness (QED) is 0.0352. The molecule has 0 aliphatic heterocycles. The lowest BCUT2D eigenvalue weighted by atomic mass is 11.8. The lowest BCUT2D eigenvalue weighted by Gasteiger charge is -2.03. The molecule has 0 bridgehead atoms. The van der Waals surface area contributed by atoms with Gasteiger partial charge in [0.25, 0.3) is 0 Å². The largest absolute Gasteiger partial charge is 0.305 e. The van der Waals surface area contributed by atoms with Crippen molar-refractivity contribution in [3.05, 3.63) is 0 Å². The molecule has 49 heavy (non-hydrogen) atoms. The zero-order valence-corrected chi connectivity index (χ0v) is 59.1. The highest BCUT2D eigenvalue weighted by atomic mass is 34.1. The molecule has 0 aliphatic rings. The van der Waals surface area contributed by atoms with Crippen LogP contribution in [0.2, 0.25) is 0 Å². The van der Waals surface area contributed by atoms with Gasteiger partial charge in [0.2, 0.25) is 0 Å². The summed E-state index contributed by atoms with van der Waals surface area (Å²) in [6.07, 6.45) is 0. The molecule has 0 amide bonds. The zero-order valence-electron chi connectivity index (χ0n) is 20.6. The normalized spacial score (nSPS) is 12.0. The summed E-state index contributed by atoms with van der Waals surface area (Å²) in [6.45, 7) is -1.80. The number of hydrogen-bond donors (Lipinski definition) is 1. The van der Waals surface area contributed by atoms with E-state index in [9.17, 15) is 0 Å². The third kappa shape index (κ3) is 60.2. The molecule has 0 rings (SSSR count). The van der Waals surface area contributed by atoms with E-state index in [2.05, 4.69) is 11.7 Å². The van der Waals surface area contributed by atoms with E-state index < -0.39 is 6.46 Å². The molecule has 0 spiro atoms. The van der Waals surface area contributed by atoms with E-state index in [1.54, 1.807) is 154 Å². The lowest BCUT2D eigenvalue weighted by Crippen LogP contribution is -1.87. The average Bonchev–Trinajstić information content (AvgIpc) is 3.10. The van der Waals surface area contributed by atoms with Gasteiger partial charge in [-0.15, -0.1) is 0 Å². The maximum atomic E-state index is 5.16. The van der Waals surface area contributed by atoms with Crippen LogP contribution in [0.4, 0.5) is 0 Å². The van der Waals surface area contributed by atoms with Crippen molar-refractivity contribution in [1.82, 2.24) is 0 Å². The van der Waals surface area contributed by atoms with Gasteiger partial charge >= 0.3 is 0 Å². The molecule has 0 heterocycles. The first-order chi connectivity index (χ1) is 24.1. The van der Waals surface area contributed by atoms with Gasteiger partial charge in [-0.3, -0.25) is 0 Å². The minimum Gasteiger partial charge on any atom is -0.305 e. The molecule has 0 radical (unpaired) electrons. The van der Waals surface area contributed by atoms with Crippen molar-refractivity contribution in [1.29, 1.82) is 0 Å². The molecule has 0 saturated heterocycles. The van der Waals surface area contributed by atoms with Gasteiger partial charge in [0, 0.05) is 344 Å². The van der Waals surface area contributed by atoms with Crippen LogP contribution >= 0.6 is 434 Å². The Morgan fingerprint density at radius 1 is 0.286 bits per heavy atom. The molecule has 0 atom stereocenters. The lowest BCUT2D eigenvalue weighted by molar-refractivity contribution is 0.491. The smallest absolute Gasteiger partial charge is 0.0817 e. The van der Waals surface area contributed by atoms with Crippen molar-refractivity contribution >= 4 is 463 Å². The summed E-state index contributed by atoms with van der Waals surface area (Å²) < 4.78 is 5.11. The maximum Gasteiger partial charge on any atom is 0.0817 e. The van der Waals surface area contributed by atoms with Crippen LogP contribution in [0.25, 0.3) is 0 Å². The molecule has 0 saturated carbocycles. The van der Waals surface area contributed by atoms with E-state index in [4.69, 9.17) is 26.6 Å². The van der Waals surface area contributed by atoms with Gasteiger partial charge in [0.05, 0.1) is 13.6 Å². The highest BCUT2D eigenvalue weighted by molar-refractivity contribution is 9.62. The highest BCUT2D eigenvalue weighted by Crippen LogP contribution is 2.68. The molecule has 0 aliphatic carbocycles. The number of thiol groups is 1. The molecule has 0 aromatic carbocycles. The van der Waals surface area contributed by atoms with Crippen molar-refractivity contribution in [2.24, 2.45) is 0 Å². The molecule has 0 aromatic heterocycles. The Labute approximate surface area is 461 Å². The van der Waals surface area contributed by atoms with Crippen molar-refractivity contribution in [2.45, 2.75) is 0 Å². The van der Waals surface area contributed by atoms with Crippen LogP contribution in [-0.2, 0) is 33.0 Å². The Morgan fingerprint density at radius 2 is 0.429 bits per heavy atom. The summed E-state index contributed by atoms with van der Waals surface area (Å²) in [6, 6.07) is 0. The minimum atomic E-state index is -1.80. The third-order valence-corrected chi connectivity index (χ3v) is 102. The van der Waals surface area contributed by atoms with Crippen LogP contribution in [0.15, 0.2) is 0 Å². The van der Waals surface area contributed by atoms with Gasteiger partial charge in [0.15, 0.2) is 0 Å². The number of rotatable bonds is 44. The Balaban J connectivity index is 3.07. The molecular formula is CH4OS47. The Hall–Kier alpha value is 16.1.